The molecule has 2 atom stereocenters. The second-order valence-corrected chi connectivity index (χ2v) is 6.69. The number of hydrogen-bond donors (Lipinski definition) is 1. The van der Waals surface area contributed by atoms with E-state index >= 15 is 0 Å². The molecule has 4 rings (SSSR count). The molecule has 0 saturated carbocycles. The van der Waals surface area contributed by atoms with Crippen molar-refractivity contribution in [2.45, 2.75) is 25.5 Å². The quantitative estimate of drug-likeness (QED) is 0.728. The smallest absolute Gasteiger partial charge is 0.326 e. The van der Waals surface area contributed by atoms with E-state index in [0.717, 1.165) is 10.9 Å². The van der Waals surface area contributed by atoms with Gasteiger partial charge in [0.05, 0.1) is 23.0 Å². The van der Waals surface area contributed by atoms with Gasteiger partial charge in [0.15, 0.2) is 5.69 Å². The van der Waals surface area contributed by atoms with Crippen LogP contribution in [0.25, 0.3) is 16.6 Å². The van der Waals surface area contributed by atoms with Gasteiger partial charge in [-0.05, 0) is 19.1 Å². The summed E-state index contributed by atoms with van der Waals surface area (Å²) in [7, 11) is 1.51. The molecule has 9 nitrogen and oxygen atoms in total. The Morgan fingerprint density at radius 1 is 1.25 bits per heavy atom. The number of aliphatic carboxylic acids is 1. The molecule has 1 aromatic carbocycles. The first-order valence-corrected chi connectivity index (χ1v) is 8.84. The van der Waals surface area contributed by atoms with Gasteiger partial charge < -0.3 is 14.7 Å². The first kappa shape index (κ1) is 18.1. The molecule has 9 heteroatoms. The molecule has 1 N–H and O–H groups in total. The highest BCUT2D eigenvalue weighted by molar-refractivity contribution is 5.96. The molecule has 0 bridgehead atoms. The standard InChI is InChI=1S/C19H19N5O4/c1-11-16(18(25)23-10-13(28-2)9-15(23)19(26)27)21-22-24(11)14-7-3-5-12-6-4-8-20-17(12)14/h3-8,13,15H,9-10H2,1-2H3,(H,26,27). The number of amides is 1. The minimum absolute atomic E-state index is 0.121. The second kappa shape index (κ2) is 7.01. The third kappa shape index (κ3) is 2.89. The maximum absolute atomic E-state index is 13.0. The van der Waals surface area contributed by atoms with Gasteiger partial charge in [0.1, 0.15) is 6.04 Å². The van der Waals surface area contributed by atoms with Gasteiger partial charge in [0.2, 0.25) is 0 Å². The summed E-state index contributed by atoms with van der Waals surface area (Å²) in [5, 5.41) is 18.6. The molecule has 2 aromatic heterocycles. The lowest BCUT2D eigenvalue weighted by Crippen LogP contribution is -2.41. The van der Waals surface area contributed by atoms with Gasteiger partial charge >= 0.3 is 5.97 Å². The lowest BCUT2D eigenvalue weighted by atomic mass is 10.2. The lowest BCUT2D eigenvalue weighted by Gasteiger charge is -2.20. The Morgan fingerprint density at radius 3 is 2.79 bits per heavy atom. The summed E-state index contributed by atoms with van der Waals surface area (Å²) < 4.78 is 6.81. The number of carboxylic acids is 1. The number of likely N-dealkylation sites (tertiary alicyclic amines) is 1. The first-order chi connectivity index (χ1) is 13.5. The van der Waals surface area contributed by atoms with Gasteiger partial charge in [-0.15, -0.1) is 5.10 Å². The number of carboxylic acid groups (broad SMARTS) is 1. The van der Waals surface area contributed by atoms with E-state index in [9.17, 15) is 14.7 Å². The van der Waals surface area contributed by atoms with Crippen molar-refractivity contribution >= 4 is 22.8 Å². The summed E-state index contributed by atoms with van der Waals surface area (Å²) in [5.74, 6) is -1.53. The molecule has 3 aromatic rings. The number of para-hydroxylation sites is 1. The highest BCUT2D eigenvalue weighted by Crippen LogP contribution is 2.25. The molecular formula is C19H19N5O4. The summed E-state index contributed by atoms with van der Waals surface area (Å²) in [4.78, 5) is 30.3. The fourth-order valence-electron chi connectivity index (χ4n) is 3.58. The SMILES string of the molecule is COC1CC(C(=O)O)N(C(=O)c2nnn(-c3cccc4cccnc34)c2C)C1. The van der Waals surface area contributed by atoms with E-state index in [1.54, 1.807) is 17.8 Å². The molecular weight excluding hydrogens is 362 g/mol. The van der Waals surface area contributed by atoms with Crippen molar-refractivity contribution in [3.05, 3.63) is 47.9 Å². The number of methoxy groups -OCH3 is 1. The van der Waals surface area contributed by atoms with Crippen LogP contribution in [0.2, 0.25) is 0 Å². The zero-order valence-electron chi connectivity index (χ0n) is 15.4. The molecule has 28 heavy (non-hydrogen) atoms. The Kier molecular flexibility index (Phi) is 4.52. The maximum atomic E-state index is 13.0. The molecule has 1 amide bonds. The van der Waals surface area contributed by atoms with Gasteiger partial charge in [-0.1, -0.05) is 23.4 Å². The zero-order valence-corrected chi connectivity index (χ0v) is 15.4. The van der Waals surface area contributed by atoms with Crippen molar-refractivity contribution in [2.75, 3.05) is 13.7 Å². The fourth-order valence-corrected chi connectivity index (χ4v) is 3.58. The number of carbonyl (C=O) groups is 2. The number of nitrogens with zero attached hydrogens (tertiary/aromatic N) is 5. The third-order valence-electron chi connectivity index (χ3n) is 5.08. The Morgan fingerprint density at radius 2 is 2.04 bits per heavy atom. The van der Waals surface area contributed by atoms with Crippen molar-refractivity contribution in [3.8, 4) is 5.69 Å². The Hall–Kier alpha value is -3.33. The number of pyridine rings is 1. The van der Waals surface area contributed by atoms with Crippen LogP contribution in [0.5, 0.6) is 0 Å². The van der Waals surface area contributed by atoms with E-state index in [1.165, 1.54) is 12.0 Å². The van der Waals surface area contributed by atoms with E-state index in [2.05, 4.69) is 15.3 Å². The average Bonchev–Trinajstić information content (AvgIpc) is 3.31. The van der Waals surface area contributed by atoms with Gasteiger partial charge in [-0.2, -0.15) is 0 Å². The van der Waals surface area contributed by atoms with E-state index in [0.29, 0.717) is 11.4 Å². The van der Waals surface area contributed by atoms with Gasteiger partial charge in [0, 0.05) is 31.7 Å². The minimum Gasteiger partial charge on any atom is -0.480 e. The van der Waals surface area contributed by atoms with Gasteiger partial charge in [-0.25, -0.2) is 9.48 Å². The van der Waals surface area contributed by atoms with Gasteiger partial charge in [-0.3, -0.25) is 9.78 Å². The molecule has 1 aliphatic rings. The van der Waals surface area contributed by atoms with Crippen LogP contribution in [0, 0.1) is 6.92 Å². The number of aromatic nitrogens is 4. The predicted molar refractivity (Wildman–Crippen MR) is 99.3 cm³/mol. The summed E-state index contributed by atoms with van der Waals surface area (Å²) in [6, 6.07) is 8.52. The van der Waals surface area contributed by atoms with Gasteiger partial charge in [0.25, 0.3) is 5.91 Å². The second-order valence-electron chi connectivity index (χ2n) is 6.69. The van der Waals surface area contributed by atoms with E-state index in [4.69, 9.17) is 4.74 Å². The molecule has 0 aliphatic carbocycles. The number of fused-ring (bicyclic) bond motifs is 1. The molecule has 3 heterocycles. The van der Waals surface area contributed by atoms with Crippen LogP contribution in [0.3, 0.4) is 0 Å². The Labute approximate surface area is 160 Å². The van der Waals surface area contributed by atoms with Crippen molar-refractivity contribution in [2.24, 2.45) is 0 Å². The van der Waals surface area contributed by atoms with Crippen LogP contribution in [0.1, 0.15) is 22.6 Å². The molecule has 2 unspecified atom stereocenters. The zero-order chi connectivity index (χ0) is 19.8. The lowest BCUT2D eigenvalue weighted by molar-refractivity contribution is -0.141. The normalized spacial score (nSPS) is 19.3. The maximum Gasteiger partial charge on any atom is 0.326 e. The van der Waals surface area contributed by atoms with Crippen LogP contribution in [0.4, 0.5) is 0 Å². The van der Waals surface area contributed by atoms with Crippen LogP contribution < -0.4 is 0 Å². The molecule has 0 spiro atoms. The number of hydrogen-bond acceptors (Lipinski definition) is 6. The van der Waals surface area contributed by atoms with Crippen molar-refractivity contribution in [1.29, 1.82) is 0 Å². The summed E-state index contributed by atoms with van der Waals surface area (Å²) >= 11 is 0. The fraction of sp³-hybridized carbons (Fsp3) is 0.316. The molecule has 1 fully saturated rings. The Balaban J connectivity index is 1.72. The number of carbonyl (C=O) groups excluding carboxylic acids is 1. The number of benzene rings is 1. The van der Waals surface area contributed by atoms with Crippen LogP contribution in [-0.2, 0) is 9.53 Å². The largest absolute Gasteiger partial charge is 0.480 e. The van der Waals surface area contributed by atoms with E-state index in [1.807, 2.05) is 30.3 Å². The monoisotopic (exact) mass is 381 g/mol. The van der Waals surface area contributed by atoms with E-state index in [-0.39, 0.29) is 24.8 Å². The third-order valence-corrected chi connectivity index (χ3v) is 5.08. The molecule has 144 valence electrons. The molecule has 1 aliphatic heterocycles. The number of ether oxygens (including phenoxy) is 1. The van der Waals surface area contributed by atoms with Crippen molar-refractivity contribution < 1.29 is 19.4 Å². The van der Waals surface area contributed by atoms with E-state index < -0.39 is 17.9 Å². The topological polar surface area (TPSA) is 110 Å². The highest BCUT2D eigenvalue weighted by Gasteiger charge is 2.41. The van der Waals surface area contributed by atoms with Crippen LogP contribution in [-0.4, -0.2) is 67.7 Å². The molecule has 1 saturated heterocycles. The molecule has 0 radical (unpaired) electrons. The predicted octanol–water partition coefficient (Wildman–Crippen LogP) is 1.44. The van der Waals surface area contributed by atoms with Crippen molar-refractivity contribution in [3.63, 3.8) is 0 Å². The summed E-state index contributed by atoms with van der Waals surface area (Å²) in [6.45, 7) is 1.93. The van der Waals surface area contributed by atoms with Crippen LogP contribution >= 0.6 is 0 Å². The van der Waals surface area contributed by atoms with Crippen molar-refractivity contribution in [1.82, 2.24) is 24.9 Å². The summed E-state index contributed by atoms with van der Waals surface area (Å²) in [5.41, 5.74) is 2.08. The Bertz CT molecular complexity index is 1060. The summed E-state index contributed by atoms with van der Waals surface area (Å²) in [6.07, 6.45) is 1.62. The minimum atomic E-state index is -1.06. The van der Waals surface area contributed by atoms with Crippen LogP contribution in [0.15, 0.2) is 36.5 Å². The number of rotatable bonds is 4. The average molecular weight is 381 g/mol. The first-order valence-electron chi connectivity index (χ1n) is 8.84. The highest BCUT2D eigenvalue weighted by atomic mass is 16.5.